The van der Waals surface area contributed by atoms with Gasteiger partial charge in [0, 0.05) is 43.7 Å². The number of nitrogens with zero attached hydrogens (tertiary/aromatic N) is 7. The van der Waals surface area contributed by atoms with Gasteiger partial charge in [0.2, 0.25) is 11.4 Å². The SMILES string of the molecule is [C-]#[N+]c1ccc2c(n1)c(N1C[C@@H](C)N(C(c3ccc(F)cc3)c3noc(C(C)(C)C)n3)C[C@@H]1C)cc(=O)n2C. The van der Waals surface area contributed by atoms with Gasteiger partial charge in [-0.1, -0.05) is 44.6 Å². The van der Waals surface area contributed by atoms with Gasteiger partial charge in [-0.2, -0.15) is 4.98 Å². The number of aromatic nitrogens is 4. The van der Waals surface area contributed by atoms with E-state index in [1.165, 1.54) is 12.1 Å². The second-order valence-electron chi connectivity index (χ2n) is 11.3. The molecule has 39 heavy (non-hydrogen) atoms. The maximum absolute atomic E-state index is 13.9. The van der Waals surface area contributed by atoms with Crippen molar-refractivity contribution in [3.05, 3.63) is 87.3 Å². The minimum absolute atomic E-state index is 0.00371. The van der Waals surface area contributed by atoms with Crippen molar-refractivity contribution < 1.29 is 8.91 Å². The first kappa shape index (κ1) is 26.5. The van der Waals surface area contributed by atoms with Crippen LogP contribution in [0.15, 0.2) is 51.8 Å². The standard InChI is InChI=1S/C29H32FN7O2/c1-17-16-37(26(19-8-10-20(30)11-9-19)27-33-28(39-34-27)29(3,4)5)18(2)15-36(17)22-14-24(38)35(7)21-12-13-23(31-6)32-25(21)22/h8-14,17-18,26H,15-16H2,1-5,7H3/t17-,18+,26?/m0/s1. The predicted molar refractivity (Wildman–Crippen MR) is 147 cm³/mol. The zero-order valence-electron chi connectivity index (χ0n) is 23.0. The quantitative estimate of drug-likeness (QED) is 0.344. The van der Waals surface area contributed by atoms with Crippen molar-refractivity contribution in [3.63, 3.8) is 0 Å². The van der Waals surface area contributed by atoms with Gasteiger partial charge in [-0.05, 0) is 43.7 Å². The van der Waals surface area contributed by atoms with Crippen LogP contribution in [0.25, 0.3) is 15.9 Å². The van der Waals surface area contributed by atoms with Gasteiger partial charge in [-0.3, -0.25) is 9.69 Å². The maximum atomic E-state index is 13.9. The van der Waals surface area contributed by atoms with E-state index in [1.807, 2.05) is 20.8 Å². The summed E-state index contributed by atoms with van der Waals surface area (Å²) >= 11 is 0. The van der Waals surface area contributed by atoms with Crippen LogP contribution in [0.4, 0.5) is 15.9 Å². The van der Waals surface area contributed by atoms with E-state index < -0.39 is 0 Å². The molecule has 9 nitrogen and oxygen atoms in total. The fourth-order valence-corrected chi connectivity index (χ4v) is 5.22. The number of piperazine rings is 1. The number of rotatable bonds is 4. The highest BCUT2D eigenvalue weighted by Gasteiger charge is 2.39. The third kappa shape index (κ3) is 4.90. The summed E-state index contributed by atoms with van der Waals surface area (Å²) in [5.41, 5.74) is 2.44. The Kier molecular flexibility index (Phi) is 6.72. The molecule has 0 N–H and O–H groups in total. The second kappa shape index (κ2) is 9.89. The fourth-order valence-electron chi connectivity index (χ4n) is 5.22. The molecule has 1 aliphatic heterocycles. The second-order valence-corrected chi connectivity index (χ2v) is 11.3. The Hall–Kier alpha value is -4.10. The largest absolute Gasteiger partial charge is 0.362 e. The lowest BCUT2D eigenvalue weighted by molar-refractivity contribution is 0.124. The summed E-state index contributed by atoms with van der Waals surface area (Å²) in [6, 6.07) is 11.1. The summed E-state index contributed by atoms with van der Waals surface area (Å²) in [5.74, 6) is 1.04. The number of hydrogen-bond donors (Lipinski definition) is 0. The lowest BCUT2D eigenvalue weighted by Crippen LogP contribution is -2.57. The van der Waals surface area contributed by atoms with Crippen molar-refractivity contribution >= 4 is 22.5 Å². The van der Waals surface area contributed by atoms with Gasteiger partial charge >= 0.3 is 0 Å². The lowest BCUT2D eigenvalue weighted by atomic mass is 9.96. The van der Waals surface area contributed by atoms with Gasteiger partial charge in [0.1, 0.15) is 5.82 Å². The van der Waals surface area contributed by atoms with E-state index in [0.29, 0.717) is 41.5 Å². The van der Waals surface area contributed by atoms with Crippen LogP contribution < -0.4 is 10.5 Å². The van der Waals surface area contributed by atoms with E-state index in [9.17, 15) is 9.18 Å². The van der Waals surface area contributed by atoms with Crippen molar-refractivity contribution in [2.75, 3.05) is 18.0 Å². The summed E-state index contributed by atoms with van der Waals surface area (Å²) in [6.07, 6.45) is 0. The molecule has 202 valence electrons. The average molecular weight is 530 g/mol. The molecule has 1 aromatic carbocycles. The van der Waals surface area contributed by atoms with Crippen molar-refractivity contribution in [1.29, 1.82) is 0 Å². The predicted octanol–water partition coefficient (Wildman–Crippen LogP) is 4.99. The molecule has 1 fully saturated rings. The molecule has 0 amide bonds. The average Bonchev–Trinajstić information content (AvgIpc) is 3.40. The molecule has 4 aromatic rings. The Balaban J connectivity index is 1.55. The Morgan fingerprint density at radius 3 is 2.44 bits per heavy atom. The van der Waals surface area contributed by atoms with Crippen molar-refractivity contribution in [2.45, 2.75) is 58.2 Å². The van der Waals surface area contributed by atoms with Gasteiger partial charge in [0.25, 0.3) is 11.4 Å². The smallest absolute Gasteiger partial charge is 0.270 e. The molecule has 0 aliphatic carbocycles. The van der Waals surface area contributed by atoms with Crippen molar-refractivity contribution in [1.82, 2.24) is 24.6 Å². The van der Waals surface area contributed by atoms with E-state index in [4.69, 9.17) is 16.1 Å². The molecule has 0 bridgehead atoms. The topological polar surface area (TPSA) is 84.7 Å². The van der Waals surface area contributed by atoms with Crippen molar-refractivity contribution in [2.24, 2.45) is 7.05 Å². The summed E-state index contributed by atoms with van der Waals surface area (Å²) in [6.45, 7) is 18.9. The minimum Gasteiger partial charge on any atom is -0.362 e. The van der Waals surface area contributed by atoms with E-state index in [1.54, 1.807) is 41.9 Å². The first-order valence-corrected chi connectivity index (χ1v) is 13.0. The van der Waals surface area contributed by atoms with E-state index >= 15 is 0 Å². The molecule has 0 radical (unpaired) electrons. The van der Waals surface area contributed by atoms with E-state index in [0.717, 1.165) is 5.56 Å². The van der Waals surface area contributed by atoms with Crippen LogP contribution in [-0.2, 0) is 12.5 Å². The van der Waals surface area contributed by atoms with Gasteiger partial charge in [-0.15, -0.1) is 4.98 Å². The molecule has 3 atom stereocenters. The van der Waals surface area contributed by atoms with Crippen molar-refractivity contribution in [3.8, 4) is 0 Å². The Morgan fingerprint density at radius 2 is 1.79 bits per heavy atom. The third-order valence-corrected chi connectivity index (χ3v) is 7.36. The number of hydrogen-bond acceptors (Lipinski definition) is 7. The summed E-state index contributed by atoms with van der Waals surface area (Å²) in [5, 5.41) is 4.36. The molecular formula is C29H32FN7O2. The highest BCUT2D eigenvalue weighted by atomic mass is 19.1. The number of halogens is 1. The number of benzene rings is 1. The molecular weight excluding hydrogens is 497 g/mol. The van der Waals surface area contributed by atoms with Gasteiger partial charge in [0.15, 0.2) is 5.82 Å². The van der Waals surface area contributed by atoms with E-state index in [2.05, 4.69) is 38.6 Å². The Bertz CT molecular complexity index is 1610. The van der Waals surface area contributed by atoms with Gasteiger partial charge in [-0.25, -0.2) is 4.39 Å². The first-order valence-electron chi connectivity index (χ1n) is 13.0. The highest BCUT2D eigenvalue weighted by Crippen LogP contribution is 2.36. The highest BCUT2D eigenvalue weighted by molar-refractivity contribution is 5.89. The number of anilines is 1. The van der Waals surface area contributed by atoms with Crippen LogP contribution >= 0.6 is 0 Å². The van der Waals surface area contributed by atoms with Crippen LogP contribution in [0.2, 0.25) is 0 Å². The summed E-state index contributed by atoms with van der Waals surface area (Å²) < 4.78 is 21.1. The van der Waals surface area contributed by atoms with Crippen LogP contribution in [0.1, 0.15) is 57.9 Å². The maximum Gasteiger partial charge on any atom is 0.270 e. The monoisotopic (exact) mass is 529 g/mol. The van der Waals surface area contributed by atoms with Crippen LogP contribution in [-0.4, -0.2) is 49.8 Å². The van der Waals surface area contributed by atoms with Crippen LogP contribution in [0, 0.1) is 12.4 Å². The Labute approximate surface area is 226 Å². The van der Waals surface area contributed by atoms with Crippen LogP contribution in [0.5, 0.6) is 0 Å². The molecule has 4 heterocycles. The molecule has 1 saturated heterocycles. The number of pyridine rings is 2. The first-order chi connectivity index (χ1) is 18.5. The zero-order valence-corrected chi connectivity index (χ0v) is 23.0. The number of fused-ring (bicyclic) bond motifs is 1. The normalized spacial score (nSPS) is 19.3. The lowest BCUT2D eigenvalue weighted by Gasteiger charge is -2.47. The Morgan fingerprint density at radius 1 is 1.08 bits per heavy atom. The third-order valence-electron chi connectivity index (χ3n) is 7.36. The van der Waals surface area contributed by atoms with E-state index in [-0.39, 0.29) is 40.7 Å². The molecule has 0 spiro atoms. The van der Waals surface area contributed by atoms with Gasteiger partial charge in [0.05, 0.1) is 17.2 Å². The number of aryl methyl sites for hydroxylation is 1. The minimum atomic E-state index is -0.350. The summed E-state index contributed by atoms with van der Waals surface area (Å²) in [4.78, 5) is 30.2. The molecule has 1 aliphatic rings. The molecule has 0 saturated carbocycles. The molecule has 10 heteroatoms. The zero-order chi connectivity index (χ0) is 28.1. The van der Waals surface area contributed by atoms with Crippen LogP contribution in [0.3, 0.4) is 0 Å². The summed E-state index contributed by atoms with van der Waals surface area (Å²) in [7, 11) is 1.71. The fraction of sp³-hybridized carbons (Fsp3) is 0.414. The molecule has 1 unspecified atom stereocenters. The molecule has 5 rings (SSSR count). The van der Waals surface area contributed by atoms with Gasteiger partial charge < -0.3 is 18.8 Å². The molecule has 3 aromatic heterocycles.